The maximum atomic E-state index is 13.5. The van der Waals surface area contributed by atoms with Crippen molar-refractivity contribution in [2.24, 2.45) is 5.73 Å². The summed E-state index contributed by atoms with van der Waals surface area (Å²) < 4.78 is 36.1. The third kappa shape index (κ3) is 3.66. The minimum absolute atomic E-state index is 0.0970. The Morgan fingerprint density at radius 3 is 2.53 bits per heavy atom. The van der Waals surface area contributed by atoms with Crippen LogP contribution in [0.4, 0.5) is 4.39 Å². The second-order valence-electron chi connectivity index (χ2n) is 4.10. The summed E-state index contributed by atoms with van der Waals surface area (Å²) in [6.45, 7) is 1.51. The maximum absolute atomic E-state index is 13.5. The smallest absolute Gasteiger partial charge is 0.151 e. The van der Waals surface area contributed by atoms with Crippen LogP contribution in [0, 0.1) is 5.82 Å². The number of rotatable bonds is 4. The number of benzene rings is 1. The summed E-state index contributed by atoms with van der Waals surface area (Å²) in [5, 5.41) is -0.473. The van der Waals surface area contributed by atoms with Crippen LogP contribution in [-0.4, -0.2) is 26.0 Å². The van der Waals surface area contributed by atoms with Gasteiger partial charge in [0.2, 0.25) is 0 Å². The van der Waals surface area contributed by atoms with Gasteiger partial charge in [-0.15, -0.1) is 0 Å². The molecule has 2 N–H and O–H groups in total. The molecule has 1 aromatic rings. The summed E-state index contributed by atoms with van der Waals surface area (Å²) >= 11 is 5.85. The molecule has 3 nitrogen and oxygen atoms in total. The van der Waals surface area contributed by atoms with E-state index in [0.717, 1.165) is 6.26 Å². The topological polar surface area (TPSA) is 60.2 Å². The lowest BCUT2D eigenvalue weighted by molar-refractivity contribution is 0.549. The molecule has 2 atom stereocenters. The molecule has 0 saturated heterocycles. The second kappa shape index (κ2) is 5.33. The van der Waals surface area contributed by atoms with Crippen molar-refractivity contribution in [1.29, 1.82) is 0 Å². The van der Waals surface area contributed by atoms with Crippen molar-refractivity contribution in [1.82, 2.24) is 0 Å². The van der Waals surface area contributed by atoms with Crippen molar-refractivity contribution < 1.29 is 12.8 Å². The number of hydrogen-bond donors (Lipinski definition) is 1. The Balaban J connectivity index is 2.92. The van der Waals surface area contributed by atoms with Crippen molar-refractivity contribution in [2.75, 3.05) is 6.26 Å². The molecule has 0 heterocycles. The first-order valence-corrected chi connectivity index (χ1v) is 7.44. The number of hydrogen-bond acceptors (Lipinski definition) is 3. The van der Waals surface area contributed by atoms with Gasteiger partial charge >= 0.3 is 0 Å². The molecule has 6 heteroatoms. The van der Waals surface area contributed by atoms with E-state index in [1.807, 2.05) is 0 Å². The SMILES string of the molecule is CC(C(N)Cc1c(F)cccc1Cl)S(C)(=O)=O. The monoisotopic (exact) mass is 279 g/mol. The van der Waals surface area contributed by atoms with Gasteiger partial charge in [-0.1, -0.05) is 17.7 Å². The third-order valence-electron chi connectivity index (χ3n) is 2.78. The molecule has 0 bridgehead atoms. The Morgan fingerprint density at radius 2 is 2.06 bits per heavy atom. The van der Waals surface area contributed by atoms with Crippen LogP contribution in [0.1, 0.15) is 12.5 Å². The first-order valence-electron chi connectivity index (χ1n) is 5.11. The Hall–Kier alpha value is -0.650. The van der Waals surface area contributed by atoms with Crippen molar-refractivity contribution >= 4 is 21.4 Å². The van der Waals surface area contributed by atoms with Crippen LogP contribution < -0.4 is 5.73 Å². The van der Waals surface area contributed by atoms with E-state index in [4.69, 9.17) is 17.3 Å². The van der Waals surface area contributed by atoms with E-state index in [1.165, 1.54) is 19.1 Å². The van der Waals surface area contributed by atoms with Crippen molar-refractivity contribution in [3.8, 4) is 0 Å². The molecule has 0 radical (unpaired) electrons. The van der Waals surface area contributed by atoms with Gasteiger partial charge in [0.05, 0.1) is 5.25 Å². The standard InChI is InChI=1S/C11H15ClFNO2S/c1-7(17(2,15)16)11(14)6-8-9(12)4-3-5-10(8)13/h3-5,7,11H,6,14H2,1-2H3. The van der Waals surface area contributed by atoms with Gasteiger partial charge in [-0.25, -0.2) is 12.8 Å². The van der Waals surface area contributed by atoms with Crippen LogP contribution in [-0.2, 0) is 16.3 Å². The first-order chi connectivity index (χ1) is 7.73. The van der Waals surface area contributed by atoms with Crippen LogP contribution in [0.3, 0.4) is 0 Å². The predicted octanol–water partition coefficient (Wildman–Crippen LogP) is 1.78. The lowest BCUT2D eigenvalue weighted by Gasteiger charge is -2.19. The molecule has 96 valence electrons. The van der Waals surface area contributed by atoms with E-state index in [2.05, 4.69) is 0 Å². The van der Waals surface area contributed by atoms with E-state index in [1.54, 1.807) is 6.07 Å². The van der Waals surface area contributed by atoms with Gasteiger partial charge in [-0.3, -0.25) is 0 Å². The van der Waals surface area contributed by atoms with Crippen LogP contribution >= 0.6 is 11.6 Å². The summed E-state index contributed by atoms with van der Waals surface area (Å²) in [6.07, 6.45) is 1.21. The molecule has 0 spiro atoms. The fraction of sp³-hybridized carbons (Fsp3) is 0.455. The zero-order chi connectivity index (χ0) is 13.2. The third-order valence-corrected chi connectivity index (χ3v) is 4.83. The Labute approximate surface area is 106 Å². The summed E-state index contributed by atoms with van der Waals surface area (Å²) in [5.41, 5.74) is 6.03. The highest BCUT2D eigenvalue weighted by molar-refractivity contribution is 7.91. The van der Waals surface area contributed by atoms with Gasteiger partial charge in [-0.2, -0.15) is 0 Å². The largest absolute Gasteiger partial charge is 0.326 e. The van der Waals surface area contributed by atoms with Crippen LogP contribution in [0.15, 0.2) is 18.2 Å². The van der Waals surface area contributed by atoms with Gasteiger partial charge < -0.3 is 5.73 Å². The van der Waals surface area contributed by atoms with Gasteiger partial charge in [0.25, 0.3) is 0 Å². The van der Waals surface area contributed by atoms with Crippen molar-refractivity contribution in [3.63, 3.8) is 0 Å². The molecule has 17 heavy (non-hydrogen) atoms. The van der Waals surface area contributed by atoms with Crippen molar-refractivity contribution in [3.05, 3.63) is 34.6 Å². The number of halogens is 2. The number of sulfone groups is 1. The van der Waals surface area contributed by atoms with Gasteiger partial charge in [-0.05, 0) is 25.5 Å². The summed E-state index contributed by atoms with van der Waals surface area (Å²) in [7, 11) is -3.24. The van der Waals surface area contributed by atoms with Crippen LogP contribution in [0.2, 0.25) is 5.02 Å². The van der Waals surface area contributed by atoms with Gasteiger partial charge in [0.1, 0.15) is 5.82 Å². The van der Waals surface area contributed by atoms with Gasteiger partial charge in [0.15, 0.2) is 9.84 Å². The lowest BCUT2D eigenvalue weighted by Crippen LogP contribution is -2.39. The molecule has 0 amide bonds. The Morgan fingerprint density at radius 1 is 1.47 bits per heavy atom. The fourth-order valence-electron chi connectivity index (χ4n) is 1.45. The van der Waals surface area contributed by atoms with E-state index < -0.39 is 26.9 Å². The van der Waals surface area contributed by atoms with E-state index in [0.29, 0.717) is 0 Å². The fourth-order valence-corrected chi connectivity index (χ4v) is 2.42. The molecule has 0 fully saturated rings. The molecular weight excluding hydrogens is 265 g/mol. The minimum atomic E-state index is -3.24. The number of nitrogens with two attached hydrogens (primary N) is 1. The van der Waals surface area contributed by atoms with Crippen molar-refractivity contribution in [2.45, 2.75) is 24.6 Å². The molecule has 1 rings (SSSR count). The van der Waals surface area contributed by atoms with E-state index in [9.17, 15) is 12.8 Å². The average Bonchev–Trinajstić information content (AvgIpc) is 2.21. The second-order valence-corrected chi connectivity index (χ2v) is 6.91. The highest BCUT2D eigenvalue weighted by Crippen LogP contribution is 2.21. The highest BCUT2D eigenvalue weighted by atomic mass is 35.5. The predicted molar refractivity (Wildman–Crippen MR) is 67.4 cm³/mol. The minimum Gasteiger partial charge on any atom is -0.326 e. The molecule has 0 aliphatic rings. The van der Waals surface area contributed by atoms with Crippen LogP contribution in [0.25, 0.3) is 0 Å². The molecule has 0 aliphatic carbocycles. The molecule has 2 unspecified atom stereocenters. The highest BCUT2D eigenvalue weighted by Gasteiger charge is 2.24. The summed E-state index contributed by atoms with van der Waals surface area (Å²) in [4.78, 5) is 0. The van der Waals surface area contributed by atoms with Gasteiger partial charge in [0, 0.05) is 22.9 Å². The Kier molecular flexibility index (Phi) is 4.52. The molecule has 0 aliphatic heterocycles. The molecular formula is C11H15ClFNO2S. The summed E-state index contributed by atoms with van der Waals surface area (Å²) in [5.74, 6) is -0.464. The normalized spacial score (nSPS) is 15.6. The molecule has 0 saturated carbocycles. The zero-order valence-corrected chi connectivity index (χ0v) is 11.2. The Bertz CT molecular complexity index is 484. The van der Waals surface area contributed by atoms with Crippen LogP contribution in [0.5, 0.6) is 0 Å². The zero-order valence-electron chi connectivity index (χ0n) is 9.65. The molecule has 1 aromatic carbocycles. The average molecular weight is 280 g/mol. The molecule has 0 aromatic heterocycles. The maximum Gasteiger partial charge on any atom is 0.151 e. The van der Waals surface area contributed by atoms with E-state index >= 15 is 0 Å². The summed E-state index contributed by atoms with van der Waals surface area (Å²) in [6, 6.07) is 3.64. The lowest BCUT2D eigenvalue weighted by atomic mass is 10.0. The quantitative estimate of drug-likeness (QED) is 0.914. The van der Waals surface area contributed by atoms with E-state index in [-0.39, 0.29) is 17.0 Å². The first kappa shape index (κ1) is 14.4.